The highest BCUT2D eigenvalue weighted by Crippen LogP contribution is 2.48. The van der Waals surface area contributed by atoms with Gasteiger partial charge in [0.1, 0.15) is 19.0 Å². The Bertz CT molecular complexity index is 1990. The van der Waals surface area contributed by atoms with Crippen molar-refractivity contribution in [2.24, 2.45) is 0 Å². The summed E-state index contributed by atoms with van der Waals surface area (Å²) >= 11 is 6.61. The first-order chi connectivity index (χ1) is 25.2. The van der Waals surface area contributed by atoms with E-state index in [4.69, 9.17) is 40.6 Å². The first-order valence-corrected chi connectivity index (χ1v) is 18.5. The molecule has 6 aromatic rings. The maximum absolute atomic E-state index is 6.69. The molecule has 1 atom stereocenters. The number of hydrogen-bond acceptors (Lipinski definition) is 6. The quantitative estimate of drug-likeness (QED) is 0.100. The lowest BCUT2D eigenvalue weighted by Gasteiger charge is -2.37. The highest BCUT2D eigenvalue weighted by Gasteiger charge is 2.41. The molecule has 0 spiro atoms. The molecule has 3 heterocycles. The summed E-state index contributed by atoms with van der Waals surface area (Å²) < 4.78 is 24.8. The number of nitrogens with one attached hydrogen (secondary N) is 1. The smallest absolute Gasteiger partial charge is 0.215 e. The molecule has 8 heteroatoms. The zero-order chi connectivity index (χ0) is 36.1. The molecule has 1 fully saturated rings. The zero-order valence-electron chi connectivity index (χ0n) is 30.3. The van der Waals surface area contributed by atoms with Crippen molar-refractivity contribution >= 4 is 22.6 Å². The fourth-order valence-electron chi connectivity index (χ4n) is 7.25. The first-order valence-electron chi connectivity index (χ1n) is 18.1. The topological polar surface area (TPSA) is 78.5 Å². The second-order valence-electron chi connectivity index (χ2n) is 14.4. The average molecular weight is 716 g/mol. The molecule has 1 N–H and O–H groups in total. The van der Waals surface area contributed by atoms with Crippen LogP contribution in [0.3, 0.4) is 0 Å². The molecule has 1 saturated heterocycles. The Hall–Kier alpha value is -4.69. The fraction of sp³-hybridized carbons (Fsp3) is 0.318. The number of pyridine rings is 1. The number of hydrogen-bond donors (Lipinski definition) is 1. The number of rotatable bonds is 12. The number of H-pyrrole nitrogens is 1. The van der Waals surface area contributed by atoms with Crippen molar-refractivity contribution in [3.63, 3.8) is 0 Å². The van der Waals surface area contributed by atoms with E-state index in [0.717, 1.165) is 81.1 Å². The van der Waals surface area contributed by atoms with Crippen molar-refractivity contribution in [3.8, 4) is 11.6 Å². The molecule has 7 nitrogen and oxygen atoms in total. The predicted molar refractivity (Wildman–Crippen MR) is 206 cm³/mol. The third-order valence-corrected chi connectivity index (χ3v) is 10.2. The van der Waals surface area contributed by atoms with Gasteiger partial charge in [0.25, 0.3) is 0 Å². The summed E-state index contributed by atoms with van der Waals surface area (Å²) in [5.41, 5.74) is 6.65. The molecule has 1 aliphatic rings. The number of aromatic amines is 1. The van der Waals surface area contributed by atoms with Crippen LogP contribution in [0, 0.1) is 6.92 Å². The van der Waals surface area contributed by atoms with Gasteiger partial charge in [-0.3, -0.25) is 5.10 Å². The fourth-order valence-corrected chi connectivity index (χ4v) is 7.41. The van der Waals surface area contributed by atoms with Crippen LogP contribution in [0.1, 0.15) is 79.1 Å². The Morgan fingerprint density at radius 2 is 1.42 bits per heavy atom. The Kier molecular flexibility index (Phi) is 10.6. The minimum absolute atomic E-state index is 0.183. The number of fused-ring (bicyclic) bond motifs is 1. The minimum atomic E-state index is -0.776. The van der Waals surface area contributed by atoms with Gasteiger partial charge >= 0.3 is 0 Å². The average Bonchev–Trinajstić information content (AvgIpc) is 3.58. The second kappa shape index (κ2) is 15.5. The monoisotopic (exact) mass is 715 g/mol. The third-order valence-electron chi connectivity index (χ3n) is 9.82. The highest BCUT2D eigenvalue weighted by molar-refractivity contribution is 6.31. The number of aryl methyl sites for hydroxylation is 1. The first kappa shape index (κ1) is 35.7. The van der Waals surface area contributed by atoms with Crippen molar-refractivity contribution in [1.82, 2.24) is 15.2 Å². The van der Waals surface area contributed by atoms with Crippen LogP contribution in [0.25, 0.3) is 11.0 Å². The summed E-state index contributed by atoms with van der Waals surface area (Å²) in [6, 6.07) is 37.9. The molecule has 0 bridgehead atoms. The van der Waals surface area contributed by atoms with Crippen LogP contribution in [-0.4, -0.2) is 41.3 Å². The van der Waals surface area contributed by atoms with Crippen molar-refractivity contribution in [3.05, 3.63) is 153 Å². The van der Waals surface area contributed by atoms with E-state index in [-0.39, 0.29) is 18.3 Å². The maximum atomic E-state index is 6.69. The second-order valence-corrected chi connectivity index (χ2v) is 14.8. The summed E-state index contributed by atoms with van der Waals surface area (Å²) in [6.45, 7) is 10.2. The lowest BCUT2D eigenvalue weighted by Crippen LogP contribution is -2.31. The van der Waals surface area contributed by atoms with Crippen molar-refractivity contribution in [2.45, 2.75) is 70.7 Å². The number of benzene rings is 4. The van der Waals surface area contributed by atoms with Gasteiger partial charge < -0.3 is 18.9 Å². The van der Waals surface area contributed by atoms with Crippen LogP contribution < -0.4 is 9.47 Å². The summed E-state index contributed by atoms with van der Waals surface area (Å²) in [7, 11) is 0. The zero-order valence-corrected chi connectivity index (χ0v) is 31.1. The van der Waals surface area contributed by atoms with E-state index < -0.39 is 5.41 Å². The van der Waals surface area contributed by atoms with E-state index in [0.29, 0.717) is 24.7 Å². The number of ether oxygens (including phenoxy) is 4. The maximum Gasteiger partial charge on any atom is 0.215 e. The Balaban J connectivity index is 1.39. The molecule has 2 aromatic heterocycles. The number of aromatic nitrogens is 3. The Morgan fingerprint density at radius 3 is 2.00 bits per heavy atom. The molecule has 7 rings (SSSR count). The highest BCUT2D eigenvalue weighted by atomic mass is 35.5. The van der Waals surface area contributed by atoms with Crippen LogP contribution in [0.4, 0.5) is 0 Å². The molecule has 0 saturated carbocycles. The van der Waals surface area contributed by atoms with E-state index in [1.54, 1.807) is 0 Å². The van der Waals surface area contributed by atoms with Crippen LogP contribution in [-0.2, 0) is 26.9 Å². The molecular weight excluding hydrogens is 670 g/mol. The van der Waals surface area contributed by atoms with Crippen LogP contribution in [0.2, 0.25) is 5.02 Å². The molecular formula is C44H46ClN3O4. The van der Waals surface area contributed by atoms with Crippen molar-refractivity contribution < 1.29 is 18.9 Å². The van der Waals surface area contributed by atoms with Gasteiger partial charge in [-0.1, -0.05) is 123 Å². The van der Waals surface area contributed by atoms with E-state index in [9.17, 15) is 0 Å². The van der Waals surface area contributed by atoms with E-state index in [1.807, 2.05) is 19.1 Å². The molecule has 1 unspecified atom stereocenters. The van der Waals surface area contributed by atoms with Gasteiger partial charge in [-0.05, 0) is 71.6 Å². The molecule has 52 heavy (non-hydrogen) atoms. The van der Waals surface area contributed by atoms with Crippen molar-refractivity contribution in [1.29, 1.82) is 0 Å². The van der Waals surface area contributed by atoms with Crippen LogP contribution >= 0.6 is 11.6 Å². The van der Waals surface area contributed by atoms with Gasteiger partial charge in [0.2, 0.25) is 5.88 Å². The third kappa shape index (κ3) is 7.31. The van der Waals surface area contributed by atoms with Gasteiger partial charge in [0, 0.05) is 23.3 Å². The summed E-state index contributed by atoms with van der Waals surface area (Å²) in [5, 5.41) is 9.69. The summed E-state index contributed by atoms with van der Waals surface area (Å²) in [4.78, 5) is 4.95. The lowest BCUT2D eigenvalue weighted by atomic mass is 9.64. The molecule has 4 aromatic carbocycles. The van der Waals surface area contributed by atoms with Gasteiger partial charge in [0.05, 0.1) is 23.1 Å². The van der Waals surface area contributed by atoms with Gasteiger partial charge in [-0.25, -0.2) is 0 Å². The van der Waals surface area contributed by atoms with Gasteiger partial charge in [-0.2, -0.15) is 10.1 Å². The SMILES string of the molecule is Cc1cc(OCc2[nH]nc3nc(OCCOC4CCCCO4)cc(C(c4ccccc4)(c4ccccc4)c4ccccc4)c23)c(C(C)(C)C)cc1Cl. The van der Waals surface area contributed by atoms with E-state index in [2.05, 4.69) is 123 Å². The van der Waals surface area contributed by atoms with Crippen LogP contribution in [0.5, 0.6) is 11.6 Å². The van der Waals surface area contributed by atoms with E-state index >= 15 is 0 Å². The molecule has 0 aliphatic carbocycles. The molecule has 1 aliphatic heterocycles. The van der Waals surface area contributed by atoms with Crippen molar-refractivity contribution in [2.75, 3.05) is 19.8 Å². The van der Waals surface area contributed by atoms with Crippen LogP contribution in [0.15, 0.2) is 109 Å². The van der Waals surface area contributed by atoms with Gasteiger partial charge in [-0.15, -0.1) is 0 Å². The van der Waals surface area contributed by atoms with Gasteiger partial charge in [0.15, 0.2) is 11.9 Å². The summed E-state index contributed by atoms with van der Waals surface area (Å²) in [6.07, 6.45) is 2.88. The minimum Gasteiger partial charge on any atom is -0.487 e. The lowest BCUT2D eigenvalue weighted by molar-refractivity contribution is -0.165. The number of halogens is 1. The number of nitrogens with zero attached hydrogens (tertiary/aromatic N) is 2. The Morgan fingerprint density at radius 1 is 0.788 bits per heavy atom. The summed E-state index contributed by atoms with van der Waals surface area (Å²) in [5.74, 6) is 1.25. The van der Waals surface area contributed by atoms with E-state index in [1.165, 1.54) is 0 Å². The Labute approximate surface area is 311 Å². The molecule has 268 valence electrons. The standard InChI is InChI=1S/C44H46ClN3O4/c1-30-26-38(34(27-36(30)45)43(2,3)4)52-29-37-41-35(28-39(46-42(41)48-47-37)49-24-25-51-40-22-14-15-23-50-40)44(31-16-8-5-9-17-31,32-18-10-6-11-19-32)33-20-12-7-13-21-33/h5-13,16-21,26-28,40H,14-15,22-25,29H2,1-4H3,(H,46,47,48). The predicted octanol–water partition coefficient (Wildman–Crippen LogP) is 10.1. The molecule has 0 amide bonds. The largest absolute Gasteiger partial charge is 0.487 e. The molecule has 0 radical (unpaired) electrons. The normalized spacial score (nSPS) is 15.1.